The van der Waals surface area contributed by atoms with E-state index in [-0.39, 0.29) is 12.5 Å². The fourth-order valence-corrected chi connectivity index (χ4v) is 1.22. The third-order valence-corrected chi connectivity index (χ3v) is 2.08. The van der Waals surface area contributed by atoms with Crippen LogP contribution in [0.5, 0.6) is 0 Å². The first kappa shape index (κ1) is 12.7. The van der Waals surface area contributed by atoms with Crippen LogP contribution in [0.4, 0.5) is 0 Å². The summed E-state index contributed by atoms with van der Waals surface area (Å²) in [5, 5.41) is 8.54. The molecule has 0 aromatic heterocycles. The number of hydrogen-bond donors (Lipinski definition) is 2. The van der Waals surface area contributed by atoms with Gasteiger partial charge in [-0.1, -0.05) is 30.3 Å². The van der Waals surface area contributed by atoms with Crippen LogP contribution in [0.25, 0.3) is 0 Å². The van der Waals surface area contributed by atoms with E-state index in [1.807, 2.05) is 30.3 Å². The lowest BCUT2D eigenvalue weighted by Crippen LogP contribution is -2.23. The van der Waals surface area contributed by atoms with E-state index in [1.54, 1.807) is 0 Å². The van der Waals surface area contributed by atoms with Gasteiger partial charge < -0.3 is 5.11 Å². The van der Waals surface area contributed by atoms with Crippen molar-refractivity contribution in [2.24, 2.45) is 0 Å². The average Bonchev–Trinajstić information content (AvgIpc) is 2.31. The topological polar surface area (TPSA) is 58.6 Å². The molecule has 1 amide bonds. The number of unbranched alkanes of at least 4 members (excludes halogenated alkanes) is 1. The Morgan fingerprint density at radius 2 is 2.00 bits per heavy atom. The van der Waals surface area contributed by atoms with E-state index in [2.05, 4.69) is 5.48 Å². The zero-order chi connectivity index (χ0) is 11.6. The van der Waals surface area contributed by atoms with Gasteiger partial charge in [0.2, 0.25) is 5.91 Å². The lowest BCUT2D eigenvalue weighted by Gasteiger charge is -2.05. The molecule has 0 aliphatic rings. The van der Waals surface area contributed by atoms with Crippen LogP contribution in [-0.2, 0) is 16.2 Å². The highest BCUT2D eigenvalue weighted by atomic mass is 16.6. The third-order valence-electron chi connectivity index (χ3n) is 2.08. The number of nitrogens with one attached hydrogen (secondary N) is 1. The van der Waals surface area contributed by atoms with Gasteiger partial charge in [0.25, 0.3) is 0 Å². The summed E-state index contributed by atoms with van der Waals surface area (Å²) in [6.07, 6.45) is 1.71. The molecule has 4 nitrogen and oxygen atoms in total. The number of hydroxylamine groups is 1. The Balaban J connectivity index is 2.09. The van der Waals surface area contributed by atoms with Gasteiger partial charge in [0.05, 0.1) is 6.61 Å². The van der Waals surface area contributed by atoms with Crippen molar-refractivity contribution in [1.82, 2.24) is 5.48 Å². The number of aliphatic hydroxyl groups excluding tert-OH is 1. The van der Waals surface area contributed by atoms with Crippen molar-refractivity contribution in [3.63, 3.8) is 0 Å². The molecule has 0 aliphatic heterocycles. The summed E-state index contributed by atoms with van der Waals surface area (Å²) in [5.41, 5.74) is 3.38. The van der Waals surface area contributed by atoms with E-state index < -0.39 is 0 Å². The summed E-state index contributed by atoms with van der Waals surface area (Å²) in [6, 6.07) is 9.62. The van der Waals surface area contributed by atoms with Crippen molar-refractivity contribution in [2.75, 3.05) is 6.61 Å². The van der Waals surface area contributed by atoms with Crippen molar-refractivity contribution < 1.29 is 14.7 Å². The molecule has 88 valence electrons. The van der Waals surface area contributed by atoms with Gasteiger partial charge in [-0.25, -0.2) is 5.48 Å². The second kappa shape index (κ2) is 7.84. The Bertz CT molecular complexity index is 300. The molecule has 4 heteroatoms. The Labute approximate surface area is 95.2 Å². The molecule has 0 saturated heterocycles. The molecule has 0 radical (unpaired) electrons. The predicted molar refractivity (Wildman–Crippen MR) is 60.3 cm³/mol. The van der Waals surface area contributed by atoms with Crippen LogP contribution in [0.15, 0.2) is 30.3 Å². The Hall–Kier alpha value is -1.39. The van der Waals surface area contributed by atoms with Crippen molar-refractivity contribution in [1.29, 1.82) is 0 Å². The monoisotopic (exact) mass is 223 g/mol. The van der Waals surface area contributed by atoms with E-state index in [0.29, 0.717) is 25.9 Å². The van der Waals surface area contributed by atoms with E-state index >= 15 is 0 Å². The van der Waals surface area contributed by atoms with Gasteiger partial charge in [0.15, 0.2) is 0 Å². The highest BCUT2D eigenvalue weighted by molar-refractivity contribution is 5.74. The Kier molecular flexibility index (Phi) is 6.22. The summed E-state index contributed by atoms with van der Waals surface area (Å²) in [6.45, 7) is 0.491. The smallest absolute Gasteiger partial charge is 0.243 e. The average molecular weight is 223 g/mol. The van der Waals surface area contributed by atoms with Crippen molar-refractivity contribution >= 4 is 5.91 Å². The van der Waals surface area contributed by atoms with Crippen LogP contribution in [0.3, 0.4) is 0 Å². The zero-order valence-corrected chi connectivity index (χ0v) is 9.19. The summed E-state index contributed by atoms with van der Waals surface area (Å²) < 4.78 is 0. The minimum atomic E-state index is -0.149. The number of carbonyl (C=O) groups excluding carboxylic acids is 1. The minimum absolute atomic E-state index is 0.123. The molecule has 16 heavy (non-hydrogen) atoms. The normalized spacial score (nSPS) is 10.1. The lowest BCUT2D eigenvalue weighted by molar-refractivity contribution is -0.134. The molecule has 1 rings (SSSR count). The first-order valence-electron chi connectivity index (χ1n) is 5.38. The fraction of sp³-hybridized carbons (Fsp3) is 0.417. The van der Waals surface area contributed by atoms with Crippen molar-refractivity contribution in [2.45, 2.75) is 25.9 Å². The van der Waals surface area contributed by atoms with Crippen LogP contribution in [0.2, 0.25) is 0 Å². The van der Waals surface area contributed by atoms with Crippen molar-refractivity contribution in [3.05, 3.63) is 35.9 Å². The first-order valence-corrected chi connectivity index (χ1v) is 5.38. The second-order valence-corrected chi connectivity index (χ2v) is 3.48. The number of benzene rings is 1. The van der Waals surface area contributed by atoms with Gasteiger partial charge in [-0.15, -0.1) is 0 Å². The zero-order valence-electron chi connectivity index (χ0n) is 9.19. The maximum Gasteiger partial charge on any atom is 0.243 e. The molecule has 2 N–H and O–H groups in total. The van der Waals surface area contributed by atoms with Gasteiger partial charge in [-0.05, 0) is 18.4 Å². The maximum atomic E-state index is 11.2. The summed E-state index contributed by atoms with van der Waals surface area (Å²) >= 11 is 0. The highest BCUT2D eigenvalue weighted by Crippen LogP contribution is 1.99. The van der Waals surface area contributed by atoms with Crippen molar-refractivity contribution in [3.8, 4) is 0 Å². The standard InChI is InChI=1S/C12H17NO3/c14-9-5-4-8-12(15)13-16-10-11-6-2-1-3-7-11/h1-3,6-7,14H,4-5,8-10H2,(H,13,15). The van der Waals surface area contributed by atoms with Gasteiger partial charge in [-0.2, -0.15) is 0 Å². The molecule has 0 fully saturated rings. The number of hydrogen-bond acceptors (Lipinski definition) is 3. The van der Waals surface area contributed by atoms with Crippen LogP contribution < -0.4 is 5.48 Å². The summed E-state index contributed by atoms with van der Waals surface area (Å²) in [7, 11) is 0. The van der Waals surface area contributed by atoms with Gasteiger partial charge >= 0.3 is 0 Å². The molecule has 0 unspecified atom stereocenters. The highest BCUT2D eigenvalue weighted by Gasteiger charge is 2.00. The number of amides is 1. The van der Waals surface area contributed by atoms with E-state index in [1.165, 1.54) is 0 Å². The Morgan fingerprint density at radius 3 is 2.69 bits per heavy atom. The largest absolute Gasteiger partial charge is 0.396 e. The molecule has 0 aliphatic carbocycles. The predicted octanol–water partition coefficient (Wildman–Crippen LogP) is 1.40. The van der Waals surface area contributed by atoms with E-state index in [4.69, 9.17) is 9.94 Å². The molecule has 0 heterocycles. The SMILES string of the molecule is O=C(CCCCO)NOCc1ccccc1. The fourth-order valence-electron chi connectivity index (χ4n) is 1.22. The summed E-state index contributed by atoms with van der Waals surface area (Å²) in [4.78, 5) is 16.2. The van der Waals surface area contributed by atoms with Gasteiger partial charge in [-0.3, -0.25) is 9.63 Å². The third kappa shape index (κ3) is 5.48. The van der Waals surface area contributed by atoms with Crippen LogP contribution >= 0.6 is 0 Å². The molecule has 0 spiro atoms. The molecular weight excluding hydrogens is 206 g/mol. The van der Waals surface area contributed by atoms with Gasteiger partial charge in [0, 0.05) is 13.0 Å². The quantitative estimate of drug-likeness (QED) is 0.542. The lowest BCUT2D eigenvalue weighted by atomic mass is 10.2. The van der Waals surface area contributed by atoms with Crippen LogP contribution in [-0.4, -0.2) is 17.6 Å². The molecule has 1 aromatic carbocycles. The number of rotatable bonds is 7. The first-order chi connectivity index (χ1) is 7.83. The maximum absolute atomic E-state index is 11.2. The Morgan fingerprint density at radius 1 is 1.25 bits per heavy atom. The van der Waals surface area contributed by atoms with E-state index in [9.17, 15) is 4.79 Å². The second-order valence-electron chi connectivity index (χ2n) is 3.48. The summed E-state index contributed by atoms with van der Waals surface area (Å²) in [5.74, 6) is -0.149. The molecular formula is C12H17NO3. The minimum Gasteiger partial charge on any atom is -0.396 e. The van der Waals surface area contributed by atoms with E-state index in [0.717, 1.165) is 5.56 Å². The van der Waals surface area contributed by atoms with Gasteiger partial charge in [0.1, 0.15) is 0 Å². The van der Waals surface area contributed by atoms with Crippen LogP contribution in [0.1, 0.15) is 24.8 Å². The molecule has 0 atom stereocenters. The number of carbonyl (C=O) groups is 1. The van der Waals surface area contributed by atoms with Crippen LogP contribution in [0, 0.1) is 0 Å². The molecule has 0 saturated carbocycles. The molecule has 0 bridgehead atoms. The molecule has 1 aromatic rings. The number of aliphatic hydroxyl groups is 1.